The molecule has 2 rings (SSSR count). The van der Waals surface area contributed by atoms with E-state index in [0.717, 1.165) is 12.5 Å². The van der Waals surface area contributed by atoms with Crippen molar-refractivity contribution in [1.82, 2.24) is 0 Å². The van der Waals surface area contributed by atoms with Gasteiger partial charge in [-0.15, -0.1) is 0 Å². The first kappa shape index (κ1) is 10.5. The summed E-state index contributed by atoms with van der Waals surface area (Å²) in [6.45, 7) is 10.4. The quantitative estimate of drug-likeness (QED) is 0.711. The topological polar surface area (TPSA) is 3.24 Å². The van der Waals surface area contributed by atoms with Gasteiger partial charge in [0.2, 0.25) is 0 Å². The highest BCUT2D eigenvalue weighted by molar-refractivity contribution is 5.61. The van der Waals surface area contributed by atoms with E-state index in [4.69, 9.17) is 0 Å². The zero-order valence-electron chi connectivity index (χ0n) is 10.2. The van der Waals surface area contributed by atoms with Crippen LogP contribution in [-0.4, -0.2) is 12.1 Å². The Bertz CT molecular complexity index is 352. The van der Waals surface area contributed by atoms with Crippen LogP contribution in [0.3, 0.4) is 0 Å². The summed E-state index contributed by atoms with van der Waals surface area (Å²) in [6, 6.07) is 8.81. The van der Waals surface area contributed by atoms with Gasteiger partial charge in [0.25, 0.3) is 0 Å². The lowest BCUT2D eigenvalue weighted by atomic mass is 9.99. The van der Waals surface area contributed by atoms with Crippen molar-refractivity contribution >= 4 is 5.69 Å². The first-order chi connectivity index (χ1) is 7.00. The smallest absolute Gasteiger partial charge is 0.0404 e. The average Bonchev–Trinajstić information content (AvgIpc) is 2.37. The standard InChI is InChI=1S/C14H21N/c1-11(2)10-15-13-8-6-5-7-12(13)9-14(15,3)4/h5-8,11H,9-10H2,1-4H3. The lowest BCUT2D eigenvalue weighted by Gasteiger charge is -2.35. The number of anilines is 1. The van der Waals surface area contributed by atoms with Gasteiger partial charge in [-0.1, -0.05) is 32.0 Å². The molecule has 0 unspecified atom stereocenters. The van der Waals surface area contributed by atoms with Crippen molar-refractivity contribution in [3.05, 3.63) is 29.8 Å². The van der Waals surface area contributed by atoms with Crippen LogP contribution < -0.4 is 4.90 Å². The Morgan fingerprint density at radius 1 is 1.27 bits per heavy atom. The SMILES string of the molecule is CC(C)CN1c2ccccc2CC1(C)C. The fourth-order valence-corrected chi connectivity index (χ4v) is 2.52. The summed E-state index contributed by atoms with van der Waals surface area (Å²) in [7, 11) is 0. The van der Waals surface area contributed by atoms with Gasteiger partial charge in [-0.2, -0.15) is 0 Å². The maximum Gasteiger partial charge on any atom is 0.0404 e. The largest absolute Gasteiger partial charge is 0.366 e. The van der Waals surface area contributed by atoms with Crippen molar-refractivity contribution in [3.8, 4) is 0 Å². The lowest BCUT2D eigenvalue weighted by molar-refractivity contribution is 0.454. The Morgan fingerprint density at radius 2 is 1.93 bits per heavy atom. The Labute approximate surface area is 93.1 Å². The van der Waals surface area contributed by atoms with Gasteiger partial charge >= 0.3 is 0 Å². The molecule has 1 heterocycles. The zero-order valence-corrected chi connectivity index (χ0v) is 10.2. The van der Waals surface area contributed by atoms with Gasteiger partial charge in [-0.3, -0.25) is 0 Å². The maximum absolute atomic E-state index is 2.56. The molecule has 1 aromatic carbocycles. The third kappa shape index (κ3) is 1.88. The predicted molar refractivity (Wildman–Crippen MR) is 66.4 cm³/mol. The van der Waals surface area contributed by atoms with Crippen molar-refractivity contribution in [1.29, 1.82) is 0 Å². The average molecular weight is 203 g/mol. The molecule has 0 atom stereocenters. The minimum absolute atomic E-state index is 0.286. The van der Waals surface area contributed by atoms with E-state index in [1.807, 2.05) is 0 Å². The van der Waals surface area contributed by atoms with Gasteiger partial charge in [0.15, 0.2) is 0 Å². The second kappa shape index (κ2) is 3.55. The summed E-state index contributed by atoms with van der Waals surface area (Å²) in [4.78, 5) is 2.56. The van der Waals surface area contributed by atoms with Crippen LogP contribution in [0.2, 0.25) is 0 Å². The zero-order chi connectivity index (χ0) is 11.1. The van der Waals surface area contributed by atoms with E-state index in [1.165, 1.54) is 17.7 Å². The summed E-state index contributed by atoms with van der Waals surface area (Å²) >= 11 is 0. The van der Waals surface area contributed by atoms with Gasteiger partial charge in [-0.25, -0.2) is 0 Å². The van der Waals surface area contributed by atoms with Crippen LogP contribution in [0.25, 0.3) is 0 Å². The molecule has 0 fully saturated rings. The van der Waals surface area contributed by atoms with Gasteiger partial charge in [0, 0.05) is 17.8 Å². The Hall–Kier alpha value is -0.980. The minimum atomic E-state index is 0.286. The molecule has 0 bridgehead atoms. The predicted octanol–water partition coefficient (Wildman–Crippen LogP) is 3.48. The molecule has 1 aliphatic rings. The summed E-state index contributed by atoms with van der Waals surface area (Å²) in [5, 5.41) is 0. The molecule has 1 aliphatic heterocycles. The summed E-state index contributed by atoms with van der Waals surface area (Å²) in [5.74, 6) is 0.718. The van der Waals surface area contributed by atoms with Gasteiger partial charge in [0.1, 0.15) is 0 Å². The van der Waals surface area contributed by atoms with Crippen LogP contribution in [0.15, 0.2) is 24.3 Å². The summed E-state index contributed by atoms with van der Waals surface area (Å²) in [5.41, 5.74) is 3.23. The molecule has 1 heteroatoms. The highest BCUT2D eigenvalue weighted by atomic mass is 15.2. The van der Waals surface area contributed by atoms with E-state index in [0.29, 0.717) is 0 Å². The van der Waals surface area contributed by atoms with Gasteiger partial charge in [0.05, 0.1) is 0 Å². The Morgan fingerprint density at radius 3 is 2.60 bits per heavy atom. The van der Waals surface area contributed by atoms with Crippen molar-refractivity contribution in [2.45, 2.75) is 39.7 Å². The number of hydrogen-bond acceptors (Lipinski definition) is 1. The molecule has 0 radical (unpaired) electrons. The van der Waals surface area contributed by atoms with E-state index >= 15 is 0 Å². The van der Waals surface area contributed by atoms with Crippen LogP contribution in [0.1, 0.15) is 33.3 Å². The van der Waals surface area contributed by atoms with Crippen LogP contribution in [-0.2, 0) is 6.42 Å². The molecule has 0 saturated carbocycles. The van der Waals surface area contributed by atoms with Crippen LogP contribution in [0.4, 0.5) is 5.69 Å². The van der Waals surface area contributed by atoms with E-state index in [-0.39, 0.29) is 5.54 Å². The number of nitrogens with zero attached hydrogens (tertiary/aromatic N) is 1. The normalized spacial score (nSPS) is 18.3. The molecular weight excluding hydrogens is 182 g/mol. The molecule has 15 heavy (non-hydrogen) atoms. The van der Waals surface area contributed by atoms with Crippen molar-refractivity contribution < 1.29 is 0 Å². The van der Waals surface area contributed by atoms with E-state index < -0.39 is 0 Å². The highest BCUT2D eigenvalue weighted by Crippen LogP contribution is 2.38. The van der Waals surface area contributed by atoms with Crippen molar-refractivity contribution in [2.24, 2.45) is 5.92 Å². The Balaban J connectivity index is 2.34. The third-order valence-corrected chi connectivity index (χ3v) is 3.18. The number of benzene rings is 1. The van der Waals surface area contributed by atoms with Gasteiger partial charge < -0.3 is 4.90 Å². The third-order valence-electron chi connectivity index (χ3n) is 3.18. The van der Waals surface area contributed by atoms with Crippen LogP contribution in [0.5, 0.6) is 0 Å². The van der Waals surface area contributed by atoms with Crippen molar-refractivity contribution in [2.75, 3.05) is 11.4 Å². The first-order valence-corrected chi connectivity index (χ1v) is 5.86. The summed E-state index contributed by atoms with van der Waals surface area (Å²) < 4.78 is 0. The molecular formula is C14H21N. The molecule has 0 amide bonds. The van der Waals surface area contributed by atoms with Crippen LogP contribution >= 0.6 is 0 Å². The molecule has 0 aromatic heterocycles. The minimum Gasteiger partial charge on any atom is -0.366 e. The number of fused-ring (bicyclic) bond motifs is 1. The molecule has 82 valence electrons. The molecule has 0 aliphatic carbocycles. The molecule has 0 saturated heterocycles. The molecule has 0 N–H and O–H groups in total. The van der Waals surface area contributed by atoms with E-state index in [1.54, 1.807) is 0 Å². The number of rotatable bonds is 2. The van der Waals surface area contributed by atoms with E-state index in [2.05, 4.69) is 56.9 Å². The Kier molecular flexibility index (Phi) is 2.49. The lowest BCUT2D eigenvalue weighted by Crippen LogP contribution is -2.43. The number of hydrogen-bond donors (Lipinski definition) is 0. The first-order valence-electron chi connectivity index (χ1n) is 5.86. The van der Waals surface area contributed by atoms with E-state index in [9.17, 15) is 0 Å². The number of para-hydroxylation sites is 1. The molecule has 0 spiro atoms. The summed E-state index contributed by atoms with van der Waals surface area (Å²) in [6.07, 6.45) is 1.18. The van der Waals surface area contributed by atoms with Gasteiger partial charge in [-0.05, 0) is 37.8 Å². The second-order valence-electron chi connectivity index (χ2n) is 5.62. The van der Waals surface area contributed by atoms with Crippen molar-refractivity contribution in [3.63, 3.8) is 0 Å². The molecule has 1 aromatic rings. The maximum atomic E-state index is 2.56. The van der Waals surface area contributed by atoms with Crippen LogP contribution in [0, 0.1) is 5.92 Å². The second-order valence-corrected chi connectivity index (χ2v) is 5.62. The fourth-order valence-electron chi connectivity index (χ4n) is 2.52. The highest BCUT2D eigenvalue weighted by Gasteiger charge is 2.35. The fraction of sp³-hybridized carbons (Fsp3) is 0.571. The monoisotopic (exact) mass is 203 g/mol. The molecule has 1 nitrogen and oxygen atoms in total.